The van der Waals surface area contributed by atoms with Gasteiger partial charge in [0.2, 0.25) is 5.91 Å². The zero-order valence-corrected chi connectivity index (χ0v) is 18.8. The lowest BCUT2D eigenvalue weighted by Crippen LogP contribution is -2.31. The van der Waals surface area contributed by atoms with Gasteiger partial charge in [-0.25, -0.2) is 0 Å². The molecule has 166 valence electrons. The second-order valence-electron chi connectivity index (χ2n) is 7.64. The standard InChI is InChI=1S/C27H31N3O2/c1-3-30(27(29-2)24-7-5-4-6-8-24)19-22-9-11-23(12-10-22)20-32-25-16-13-21(14-17-25)15-18-26(28)31/h4-14,16-17H,3,15,18-20H2,1-2H3,(H2,28,31). The van der Waals surface area contributed by atoms with Crippen LogP contribution in [0.1, 0.15) is 35.6 Å². The van der Waals surface area contributed by atoms with Gasteiger partial charge in [0, 0.05) is 32.1 Å². The van der Waals surface area contributed by atoms with Gasteiger partial charge in [-0.3, -0.25) is 9.79 Å². The normalized spacial score (nSPS) is 11.2. The van der Waals surface area contributed by atoms with E-state index in [1.54, 1.807) is 0 Å². The number of hydrogen-bond acceptors (Lipinski definition) is 3. The number of nitrogens with zero attached hydrogens (tertiary/aromatic N) is 2. The third-order valence-corrected chi connectivity index (χ3v) is 5.31. The number of aryl methyl sites for hydroxylation is 1. The van der Waals surface area contributed by atoms with E-state index in [1.165, 1.54) is 5.56 Å². The van der Waals surface area contributed by atoms with Crippen molar-refractivity contribution in [3.8, 4) is 5.75 Å². The molecule has 0 spiro atoms. The second-order valence-corrected chi connectivity index (χ2v) is 7.64. The smallest absolute Gasteiger partial charge is 0.217 e. The summed E-state index contributed by atoms with van der Waals surface area (Å²) in [6.45, 7) is 4.33. The molecular weight excluding hydrogens is 398 g/mol. The van der Waals surface area contributed by atoms with Gasteiger partial charge >= 0.3 is 0 Å². The van der Waals surface area contributed by atoms with Crippen LogP contribution in [-0.2, 0) is 24.4 Å². The predicted molar refractivity (Wildman–Crippen MR) is 130 cm³/mol. The molecule has 0 aliphatic carbocycles. The van der Waals surface area contributed by atoms with E-state index in [2.05, 4.69) is 53.2 Å². The van der Waals surface area contributed by atoms with Crippen LogP contribution in [0.2, 0.25) is 0 Å². The minimum absolute atomic E-state index is 0.283. The van der Waals surface area contributed by atoms with Crippen LogP contribution in [-0.4, -0.2) is 30.2 Å². The Morgan fingerprint density at radius 1 is 0.906 bits per heavy atom. The molecule has 0 atom stereocenters. The zero-order valence-electron chi connectivity index (χ0n) is 18.8. The van der Waals surface area contributed by atoms with Crippen LogP contribution in [0.5, 0.6) is 5.75 Å². The number of benzene rings is 3. The molecule has 3 rings (SSSR count). The molecule has 5 nitrogen and oxygen atoms in total. The molecule has 0 radical (unpaired) electrons. The van der Waals surface area contributed by atoms with Crippen LogP contribution < -0.4 is 10.5 Å². The third-order valence-electron chi connectivity index (χ3n) is 5.31. The third kappa shape index (κ3) is 6.71. The number of carbonyl (C=O) groups is 1. The van der Waals surface area contributed by atoms with Crippen molar-refractivity contribution in [2.24, 2.45) is 10.7 Å². The Balaban J connectivity index is 1.56. The lowest BCUT2D eigenvalue weighted by Gasteiger charge is -2.25. The van der Waals surface area contributed by atoms with E-state index < -0.39 is 0 Å². The SMILES string of the molecule is CCN(Cc1ccc(COc2ccc(CCC(N)=O)cc2)cc1)C(=NC)c1ccccc1. The summed E-state index contributed by atoms with van der Waals surface area (Å²) < 4.78 is 5.91. The molecule has 0 heterocycles. The molecule has 32 heavy (non-hydrogen) atoms. The van der Waals surface area contributed by atoms with Crippen LogP contribution >= 0.6 is 0 Å². The topological polar surface area (TPSA) is 67.9 Å². The monoisotopic (exact) mass is 429 g/mol. The van der Waals surface area contributed by atoms with Gasteiger partial charge in [0.15, 0.2) is 0 Å². The van der Waals surface area contributed by atoms with Crippen molar-refractivity contribution < 1.29 is 9.53 Å². The maximum Gasteiger partial charge on any atom is 0.217 e. The largest absolute Gasteiger partial charge is 0.489 e. The van der Waals surface area contributed by atoms with Crippen molar-refractivity contribution in [1.82, 2.24) is 4.90 Å². The molecule has 3 aromatic carbocycles. The zero-order chi connectivity index (χ0) is 22.8. The Hall–Kier alpha value is -3.60. The number of rotatable bonds is 10. The van der Waals surface area contributed by atoms with Crippen LogP contribution in [0.15, 0.2) is 83.9 Å². The molecular formula is C27H31N3O2. The van der Waals surface area contributed by atoms with E-state index in [1.807, 2.05) is 49.5 Å². The first-order chi connectivity index (χ1) is 15.6. The summed E-state index contributed by atoms with van der Waals surface area (Å²) in [7, 11) is 1.84. The fourth-order valence-corrected chi connectivity index (χ4v) is 3.52. The van der Waals surface area contributed by atoms with E-state index in [9.17, 15) is 4.79 Å². The van der Waals surface area contributed by atoms with Crippen LogP contribution in [0.4, 0.5) is 0 Å². The number of primary amides is 1. The Morgan fingerprint density at radius 2 is 1.53 bits per heavy atom. The lowest BCUT2D eigenvalue weighted by molar-refractivity contribution is -0.117. The Morgan fingerprint density at radius 3 is 2.12 bits per heavy atom. The highest BCUT2D eigenvalue weighted by atomic mass is 16.5. The summed E-state index contributed by atoms with van der Waals surface area (Å²) in [6.07, 6.45) is 1.01. The Labute approximate surface area is 190 Å². The van der Waals surface area contributed by atoms with E-state index in [0.29, 0.717) is 19.4 Å². The number of aliphatic imine (C=N–C) groups is 1. The minimum atomic E-state index is -0.283. The number of hydrogen-bond donors (Lipinski definition) is 1. The summed E-state index contributed by atoms with van der Waals surface area (Å²) in [4.78, 5) is 17.7. The maximum atomic E-state index is 10.9. The van der Waals surface area contributed by atoms with Gasteiger partial charge in [-0.05, 0) is 42.2 Å². The van der Waals surface area contributed by atoms with Gasteiger partial charge in [-0.1, -0.05) is 66.7 Å². The maximum absolute atomic E-state index is 10.9. The van der Waals surface area contributed by atoms with Gasteiger partial charge in [0.05, 0.1) is 0 Å². The molecule has 0 bridgehead atoms. The highest BCUT2D eigenvalue weighted by Crippen LogP contribution is 2.17. The first kappa shape index (κ1) is 23.1. The van der Waals surface area contributed by atoms with Gasteiger partial charge < -0.3 is 15.4 Å². The van der Waals surface area contributed by atoms with Gasteiger partial charge in [-0.15, -0.1) is 0 Å². The summed E-state index contributed by atoms with van der Waals surface area (Å²) >= 11 is 0. The Kier molecular flexibility index (Phi) is 8.44. The summed E-state index contributed by atoms with van der Waals surface area (Å²) in [5, 5.41) is 0. The highest BCUT2D eigenvalue weighted by molar-refractivity contribution is 5.98. The van der Waals surface area contributed by atoms with Crippen molar-refractivity contribution >= 4 is 11.7 Å². The van der Waals surface area contributed by atoms with Crippen molar-refractivity contribution in [3.63, 3.8) is 0 Å². The van der Waals surface area contributed by atoms with Crippen LogP contribution in [0, 0.1) is 0 Å². The molecule has 0 aliphatic rings. The number of amides is 1. The summed E-state index contributed by atoms with van der Waals surface area (Å²) in [5.41, 5.74) is 9.75. The molecule has 0 unspecified atom stereocenters. The molecule has 0 saturated carbocycles. The van der Waals surface area contributed by atoms with E-state index in [4.69, 9.17) is 10.5 Å². The fraction of sp³-hybridized carbons (Fsp3) is 0.259. The number of carbonyl (C=O) groups excluding carboxylic acids is 1. The van der Waals surface area contributed by atoms with Gasteiger partial charge in [0.25, 0.3) is 0 Å². The fourth-order valence-electron chi connectivity index (χ4n) is 3.52. The average molecular weight is 430 g/mol. The molecule has 3 aromatic rings. The van der Waals surface area contributed by atoms with Gasteiger partial charge in [-0.2, -0.15) is 0 Å². The summed E-state index contributed by atoms with van der Waals surface area (Å²) in [6, 6.07) is 26.6. The number of nitrogens with two attached hydrogens (primary N) is 1. The van der Waals surface area contributed by atoms with Gasteiger partial charge in [0.1, 0.15) is 18.2 Å². The van der Waals surface area contributed by atoms with E-state index in [0.717, 1.165) is 41.4 Å². The quantitative estimate of drug-likeness (QED) is 0.379. The lowest BCUT2D eigenvalue weighted by atomic mass is 10.1. The summed E-state index contributed by atoms with van der Waals surface area (Å²) in [5.74, 6) is 1.52. The molecule has 0 aliphatic heterocycles. The minimum Gasteiger partial charge on any atom is -0.489 e. The second kappa shape index (κ2) is 11.7. The first-order valence-corrected chi connectivity index (χ1v) is 10.9. The van der Waals surface area contributed by atoms with Crippen molar-refractivity contribution in [2.45, 2.75) is 32.9 Å². The average Bonchev–Trinajstić information content (AvgIpc) is 2.83. The number of amidine groups is 1. The van der Waals surface area contributed by atoms with E-state index in [-0.39, 0.29) is 5.91 Å². The van der Waals surface area contributed by atoms with Crippen LogP contribution in [0.25, 0.3) is 0 Å². The van der Waals surface area contributed by atoms with Crippen LogP contribution in [0.3, 0.4) is 0 Å². The highest BCUT2D eigenvalue weighted by Gasteiger charge is 2.12. The predicted octanol–water partition coefficient (Wildman–Crippen LogP) is 4.58. The molecule has 0 aromatic heterocycles. The van der Waals surface area contributed by atoms with E-state index >= 15 is 0 Å². The van der Waals surface area contributed by atoms with Crippen molar-refractivity contribution in [1.29, 1.82) is 0 Å². The molecule has 1 amide bonds. The molecule has 0 fully saturated rings. The molecule has 2 N–H and O–H groups in total. The molecule has 0 saturated heterocycles. The number of ether oxygens (including phenoxy) is 1. The molecule has 5 heteroatoms. The first-order valence-electron chi connectivity index (χ1n) is 10.9. The van der Waals surface area contributed by atoms with Crippen molar-refractivity contribution in [2.75, 3.05) is 13.6 Å². The van der Waals surface area contributed by atoms with Crippen molar-refractivity contribution in [3.05, 3.63) is 101 Å². The Bertz CT molecular complexity index is 1010.